The molecule has 4 aromatic rings. The van der Waals surface area contributed by atoms with Crippen molar-refractivity contribution in [2.45, 2.75) is 13.0 Å². The van der Waals surface area contributed by atoms with Gasteiger partial charge in [-0.25, -0.2) is 9.97 Å². The van der Waals surface area contributed by atoms with Crippen molar-refractivity contribution in [3.63, 3.8) is 0 Å². The van der Waals surface area contributed by atoms with Crippen LogP contribution < -0.4 is 10.5 Å². The van der Waals surface area contributed by atoms with Crippen molar-refractivity contribution in [2.75, 3.05) is 19.5 Å². The molecular weight excluding hydrogens is 384 g/mol. The zero-order valence-corrected chi connectivity index (χ0v) is 16.9. The van der Waals surface area contributed by atoms with E-state index in [1.165, 1.54) is 11.3 Å². The number of nitrogen functional groups attached to an aromatic ring is 1. The molecule has 0 aliphatic rings. The number of imidazole rings is 1. The van der Waals surface area contributed by atoms with Gasteiger partial charge in [-0.3, -0.25) is 0 Å². The van der Waals surface area contributed by atoms with E-state index in [9.17, 15) is 0 Å². The van der Waals surface area contributed by atoms with Crippen LogP contribution in [0, 0.1) is 0 Å². The smallest absolute Gasteiger partial charge is 0.180 e. The fourth-order valence-corrected chi connectivity index (χ4v) is 3.88. The van der Waals surface area contributed by atoms with Crippen LogP contribution in [0.1, 0.15) is 6.42 Å². The van der Waals surface area contributed by atoms with Gasteiger partial charge in [-0.2, -0.15) is 0 Å². The Hall–Kier alpha value is -3.16. The van der Waals surface area contributed by atoms with Gasteiger partial charge in [0.2, 0.25) is 0 Å². The van der Waals surface area contributed by atoms with Gasteiger partial charge in [-0.1, -0.05) is 24.3 Å². The monoisotopic (exact) mass is 406 g/mol. The standard InChI is InChI=1S/C22H22N4O2S/c1-28-20-8-7-17(21-24-9-11-26(21)10-2-12-27)13-18(20)15-3-5-16(6-4-15)19-14-29-22(23)25-19/h3-9,11,13-14,27H,2,10,12H2,1H3,(H2,23,25). The van der Waals surface area contributed by atoms with Gasteiger partial charge < -0.3 is 20.1 Å². The molecular formula is C22H22N4O2S. The van der Waals surface area contributed by atoms with E-state index in [-0.39, 0.29) is 6.61 Å². The van der Waals surface area contributed by atoms with Gasteiger partial charge in [0.15, 0.2) is 5.13 Å². The van der Waals surface area contributed by atoms with E-state index >= 15 is 0 Å². The normalized spacial score (nSPS) is 11.0. The maximum Gasteiger partial charge on any atom is 0.180 e. The van der Waals surface area contributed by atoms with E-state index < -0.39 is 0 Å². The Kier molecular flexibility index (Phi) is 5.59. The highest BCUT2D eigenvalue weighted by Crippen LogP contribution is 2.35. The number of nitrogens with two attached hydrogens (primary N) is 1. The first kappa shape index (κ1) is 19.2. The number of ether oxygens (including phenoxy) is 1. The van der Waals surface area contributed by atoms with Crippen molar-refractivity contribution in [1.29, 1.82) is 0 Å². The quantitative estimate of drug-likeness (QED) is 0.477. The molecule has 0 aliphatic heterocycles. The molecule has 0 saturated carbocycles. The van der Waals surface area contributed by atoms with Crippen molar-refractivity contribution in [2.24, 2.45) is 0 Å². The molecule has 0 fully saturated rings. The number of methoxy groups -OCH3 is 1. The Morgan fingerprint density at radius 2 is 1.86 bits per heavy atom. The zero-order valence-electron chi connectivity index (χ0n) is 16.1. The summed E-state index contributed by atoms with van der Waals surface area (Å²) in [5.41, 5.74) is 10.7. The van der Waals surface area contributed by atoms with E-state index in [0.29, 0.717) is 11.6 Å². The number of aliphatic hydroxyl groups excluding tert-OH is 1. The lowest BCUT2D eigenvalue weighted by molar-refractivity contribution is 0.280. The Balaban J connectivity index is 1.70. The Morgan fingerprint density at radius 3 is 2.55 bits per heavy atom. The summed E-state index contributed by atoms with van der Waals surface area (Å²) in [5.74, 6) is 1.67. The first-order chi connectivity index (χ1) is 14.2. The first-order valence-electron chi connectivity index (χ1n) is 9.32. The Labute approximate surface area is 173 Å². The molecule has 0 amide bonds. The fourth-order valence-electron chi connectivity index (χ4n) is 3.30. The average molecular weight is 407 g/mol. The Morgan fingerprint density at radius 1 is 1.10 bits per heavy atom. The lowest BCUT2D eigenvalue weighted by Gasteiger charge is -2.13. The van der Waals surface area contributed by atoms with Gasteiger partial charge in [0.05, 0.1) is 12.8 Å². The fraction of sp³-hybridized carbons (Fsp3) is 0.182. The van der Waals surface area contributed by atoms with Gasteiger partial charge in [0.1, 0.15) is 11.6 Å². The molecule has 0 radical (unpaired) electrons. The Bertz CT molecular complexity index is 1100. The summed E-state index contributed by atoms with van der Waals surface area (Å²) in [4.78, 5) is 8.85. The number of hydrogen-bond acceptors (Lipinski definition) is 6. The lowest BCUT2D eigenvalue weighted by atomic mass is 9.99. The molecule has 0 atom stereocenters. The van der Waals surface area contributed by atoms with Crippen LogP contribution >= 0.6 is 11.3 Å². The molecule has 29 heavy (non-hydrogen) atoms. The van der Waals surface area contributed by atoms with Crippen molar-refractivity contribution in [1.82, 2.24) is 14.5 Å². The molecule has 7 heteroatoms. The molecule has 148 valence electrons. The summed E-state index contributed by atoms with van der Waals surface area (Å²) in [6, 6.07) is 14.3. The highest BCUT2D eigenvalue weighted by atomic mass is 32.1. The molecule has 2 heterocycles. The van der Waals surface area contributed by atoms with Crippen LogP contribution in [0.3, 0.4) is 0 Å². The number of aromatic nitrogens is 3. The second-order valence-corrected chi connectivity index (χ2v) is 7.47. The van der Waals surface area contributed by atoms with Crippen LogP contribution in [0.2, 0.25) is 0 Å². The van der Waals surface area contributed by atoms with Crippen molar-refractivity contribution >= 4 is 16.5 Å². The minimum atomic E-state index is 0.155. The highest BCUT2D eigenvalue weighted by Gasteiger charge is 2.12. The molecule has 4 rings (SSSR count). The summed E-state index contributed by atoms with van der Waals surface area (Å²) < 4.78 is 7.65. The van der Waals surface area contributed by atoms with E-state index in [1.807, 2.05) is 35.8 Å². The van der Waals surface area contributed by atoms with Crippen molar-refractivity contribution in [3.8, 4) is 39.5 Å². The third kappa shape index (κ3) is 4.01. The third-order valence-corrected chi connectivity index (χ3v) is 5.42. The van der Waals surface area contributed by atoms with Gasteiger partial charge in [0, 0.05) is 47.6 Å². The number of anilines is 1. The topological polar surface area (TPSA) is 86.2 Å². The van der Waals surface area contributed by atoms with Crippen molar-refractivity contribution < 1.29 is 9.84 Å². The largest absolute Gasteiger partial charge is 0.496 e. The summed E-state index contributed by atoms with van der Waals surface area (Å²) in [5, 5.41) is 11.7. The minimum Gasteiger partial charge on any atom is -0.496 e. The summed E-state index contributed by atoms with van der Waals surface area (Å²) in [7, 11) is 1.67. The number of rotatable bonds is 7. The second-order valence-electron chi connectivity index (χ2n) is 6.58. The van der Waals surface area contributed by atoms with Crippen LogP contribution in [0.5, 0.6) is 5.75 Å². The molecule has 2 aromatic carbocycles. The number of nitrogens with zero attached hydrogens (tertiary/aromatic N) is 3. The first-order valence-corrected chi connectivity index (χ1v) is 10.2. The number of hydrogen-bond donors (Lipinski definition) is 2. The number of aliphatic hydroxyl groups is 1. The van der Waals surface area contributed by atoms with E-state index in [2.05, 4.69) is 32.7 Å². The molecule has 3 N–H and O–H groups in total. The molecule has 0 unspecified atom stereocenters. The van der Waals surface area contributed by atoms with Gasteiger partial charge in [-0.05, 0) is 30.2 Å². The molecule has 0 aliphatic carbocycles. The second kappa shape index (κ2) is 8.46. The predicted octanol–water partition coefficient (Wildman–Crippen LogP) is 4.31. The SMILES string of the molecule is COc1ccc(-c2nccn2CCCO)cc1-c1ccc(-c2csc(N)n2)cc1. The number of benzene rings is 2. The van der Waals surface area contributed by atoms with Crippen LogP contribution in [-0.4, -0.2) is 33.4 Å². The predicted molar refractivity (Wildman–Crippen MR) is 117 cm³/mol. The minimum absolute atomic E-state index is 0.155. The maximum absolute atomic E-state index is 9.13. The number of aryl methyl sites for hydroxylation is 1. The zero-order chi connectivity index (χ0) is 20.2. The third-order valence-electron chi connectivity index (χ3n) is 4.74. The maximum atomic E-state index is 9.13. The lowest BCUT2D eigenvalue weighted by Crippen LogP contribution is -2.01. The van der Waals surface area contributed by atoms with Crippen LogP contribution in [0.25, 0.3) is 33.8 Å². The molecule has 0 bridgehead atoms. The number of thiazole rings is 1. The van der Waals surface area contributed by atoms with Gasteiger partial charge in [0.25, 0.3) is 0 Å². The van der Waals surface area contributed by atoms with Crippen LogP contribution in [0.15, 0.2) is 60.2 Å². The van der Waals surface area contributed by atoms with Gasteiger partial charge >= 0.3 is 0 Å². The average Bonchev–Trinajstić information content (AvgIpc) is 3.41. The molecule has 6 nitrogen and oxygen atoms in total. The highest BCUT2D eigenvalue weighted by molar-refractivity contribution is 7.13. The van der Waals surface area contributed by atoms with Crippen LogP contribution in [-0.2, 0) is 6.54 Å². The molecule has 0 spiro atoms. The summed E-state index contributed by atoms with van der Waals surface area (Å²) >= 11 is 1.43. The van der Waals surface area contributed by atoms with E-state index in [1.54, 1.807) is 13.3 Å². The van der Waals surface area contributed by atoms with Crippen LogP contribution in [0.4, 0.5) is 5.13 Å². The summed E-state index contributed by atoms with van der Waals surface area (Å²) in [6.45, 7) is 0.876. The molecule has 2 aromatic heterocycles. The van der Waals surface area contributed by atoms with Gasteiger partial charge in [-0.15, -0.1) is 11.3 Å². The van der Waals surface area contributed by atoms with E-state index in [4.69, 9.17) is 15.6 Å². The molecule has 0 saturated heterocycles. The van der Waals surface area contributed by atoms with E-state index in [0.717, 1.165) is 46.1 Å². The summed E-state index contributed by atoms with van der Waals surface area (Å²) in [6.07, 6.45) is 4.41. The van der Waals surface area contributed by atoms with Crippen molar-refractivity contribution in [3.05, 3.63) is 60.2 Å².